The van der Waals surface area contributed by atoms with Crippen molar-refractivity contribution in [1.29, 1.82) is 0 Å². The van der Waals surface area contributed by atoms with Gasteiger partial charge in [-0.1, -0.05) is 20.3 Å². The molecule has 2 aliphatic rings. The van der Waals surface area contributed by atoms with Gasteiger partial charge < -0.3 is 15.3 Å². The van der Waals surface area contributed by atoms with Crippen molar-refractivity contribution in [1.82, 2.24) is 10.2 Å². The Labute approximate surface area is 108 Å². The van der Waals surface area contributed by atoms with Gasteiger partial charge in [0.1, 0.15) is 0 Å². The van der Waals surface area contributed by atoms with Gasteiger partial charge in [0.25, 0.3) is 0 Å². The number of amides is 2. The summed E-state index contributed by atoms with van der Waals surface area (Å²) in [7, 11) is 0. The highest BCUT2D eigenvalue weighted by Gasteiger charge is 2.41. The lowest BCUT2D eigenvalue weighted by molar-refractivity contribution is -0.144. The molecule has 1 heterocycles. The van der Waals surface area contributed by atoms with Crippen LogP contribution in [0.25, 0.3) is 0 Å². The second-order valence-electron chi connectivity index (χ2n) is 5.63. The lowest BCUT2D eigenvalue weighted by Crippen LogP contribution is -2.56. The molecule has 0 aromatic rings. The molecular formula is C13H22N2O3. The minimum Gasteiger partial charge on any atom is -0.481 e. The Kier molecular flexibility index (Phi) is 3.78. The molecule has 1 aliphatic heterocycles. The predicted octanol–water partition coefficient (Wildman–Crippen LogP) is 1.54. The first kappa shape index (κ1) is 13.2. The molecule has 1 saturated heterocycles. The summed E-state index contributed by atoms with van der Waals surface area (Å²) in [6.45, 7) is 5.01. The average molecular weight is 254 g/mol. The number of nitrogens with zero attached hydrogens (tertiary/aromatic N) is 1. The number of carbonyl (C=O) groups is 2. The number of rotatable bonds is 5. The van der Waals surface area contributed by atoms with Crippen LogP contribution in [0, 0.1) is 17.8 Å². The topological polar surface area (TPSA) is 69.6 Å². The molecule has 102 valence electrons. The molecule has 5 heteroatoms. The summed E-state index contributed by atoms with van der Waals surface area (Å²) in [6.07, 6.45) is 3.45. The highest BCUT2D eigenvalue weighted by molar-refractivity contribution is 5.76. The Hall–Kier alpha value is -1.26. The van der Waals surface area contributed by atoms with Crippen molar-refractivity contribution in [3.05, 3.63) is 0 Å². The maximum Gasteiger partial charge on any atom is 0.317 e. The van der Waals surface area contributed by atoms with Crippen LogP contribution in [0.4, 0.5) is 4.79 Å². The Balaban J connectivity index is 1.66. The molecule has 5 nitrogen and oxygen atoms in total. The zero-order valence-corrected chi connectivity index (χ0v) is 11.1. The van der Waals surface area contributed by atoms with Crippen LogP contribution in [0.15, 0.2) is 0 Å². The second-order valence-corrected chi connectivity index (χ2v) is 5.63. The number of carbonyl (C=O) groups excluding carboxylic acids is 1. The molecule has 0 aromatic heterocycles. The van der Waals surface area contributed by atoms with Crippen molar-refractivity contribution in [3.8, 4) is 0 Å². The molecule has 0 spiro atoms. The van der Waals surface area contributed by atoms with Crippen LogP contribution in [0.1, 0.15) is 33.1 Å². The van der Waals surface area contributed by atoms with E-state index in [1.54, 1.807) is 11.8 Å². The molecular weight excluding hydrogens is 232 g/mol. The fraction of sp³-hybridized carbons (Fsp3) is 0.846. The first-order chi connectivity index (χ1) is 8.52. The van der Waals surface area contributed by atoms with Crippen LogP contribution in [-0.2, 0) is 4.79 Å². The number of hydrogen-bond donors (Lipinski definition) is 2. The van der Waals surface area contributed by atoms with Gasteiger partial charge in [0.15, 0.2) is 0 Å². The number of aliphatic carboxylic acids is 1. The van der Waals surface area contributed by atoms with Gasteiger partial charge >= 0.3 is 12.0 Å². The van der Waals surface area contributed by atoms with Gasteiger partial charge in [0.05, 0.1) is 5.92 Å². The van der Waals surface area contributed by atoms with E-state index in [4.69, 9.17) is 5.11 Å². The number of hydrogen-bond acceptors (Lipinski definition) is 2. The number of carboxylic acids is 1. The summed E-state index contributed by atoms with van der Waals surface area (Å²) in [5, 5.41) is 11.9. The zero-order chi connectivity index (χ0) is 13.3. The number of nitrogens with one attached hydrogen (secondary N) is 1. The SMILES string of the molecule is CCCC1CC1NC(=O)N1CC(C(C)C(=O)O)C1. The fourth-order valence-corrected chi connectivity index (χ4v) is 2.56. The van der Waals surface area contributed by atoms with E-state index < -0.39 is 5.97 Å². The minimum absolute atomic E-state index is 0.0209. The van der Waals surface area contributed by atoms with Crippen LogP contribution < -0.4 is 5.32 Å². The van der Waals surface area contributed by atoms with Crippen molar-refractivity contribution in [3.63, 3.8) is 0 Å². The smallest absolute Gasteiger partial charge is 0.317 e. The third-order valence-corrected chi connectivity index (χ3v) is 4.18. The lowest BCUT2D eigenvalue weighted by atomic mass is 9.87. The van der Waals surface area contributed by atoms with E-state index in [9.17, 15) is 9.59 Å². The molecule has 0 bridgehead atoms. The largest absolute Gasteiger partial charge is 0.481 e. The van der Waals surface area contributed by atoms with Crippen molar-refractivity contribution in [2.24, 2.45) is 17.8 Å². The Morgan fingerprint density at radius 1 is 1.44 bits per heavy atom. The van der Waals surface area contributed by atoms with E-state index in [1.165, 1.54) is 12.8 Å². The summed E-state index contributed by atoms with van der Waals surface area (Å²) in [4.78, 5) is 24.3. The molecule has 0 aromatic carbocycles. The Morgan fingerprint density at radius 3 is 2.67 bits per heavy atom. The van der Waals surface area contributed by atoms with E-state index in [1.807, 2.05) is 0 Å². The van der Waals surface area contributed by atoms with Crippen LogP contribution in [0.3, 0.4) is 0 Å². The molecule has 3 unspecified atom stereocenters. The van der Waals surface area contributed by atoms with E-state index in [0.29, 0.717) is 25.0 Å². The van der Waals surface area contributed by atoms with E-state index in [0.717, 1.165) is 6.42 Å². The summed E-state index contributed by atoms with van der Waals surface area (Å²) in [6, 6.07) is 0.334. The van der Waals surface area contributed by atoms with Crippen LogP contribution in [0.5, 0.6) is 0 Å². The van der Waals surface area contributed by atoms with Crippen LogP contribution in [0.2, 0.25) is 0 Å². The van der Waals surface area contributed by atoms with Crippen molar-refractivity contribution < 1.29 is 14.7 Å². The van der Waals surface area contributed by atoms with Crippen LogP contribution >= 0.6 is 0 Å². The molecule has 2 fully saturated rings. The quantitative estimate of drug-likeness (QED) is 0.781. The van der Waals surface area contributed by atoms with Gasteiger partial charge in [-0.3, -0.25) is 4.79 Å². The molecule has 18 heavy (non-hydrogen) atoms. The highest BCUT2D eigenvalue weighted by atomic mass is 16.4. The predicted molar refractivity (Wildman–Crippen MR) is 67.2 cm³/mol. The minimum atomic E-state index is -0.773. The maximum atomic E-state index is 11.8. The summed E-state index contributed by atoms with van der Waals surface area (Å²) in [5.74, 6) is -0.360. The van der Waals surface area contributed by atoms with Gasteiger partial charge in [-0.05, 0) is 18.8 Å². The van der Waals surface area contributed by atoms with Gasteiger partial charge in [-0.2, -0.15) is 0 Å². The Bertz CT molecular complexity index is 339. The molecule has 2 N–H and O–H groups in total. The van der Waals surface area contributed by atoms with Crippen molar-refractivity contribution in [2.75, 3.05) is 13.1 Å². The molecule has 1 aliphatic carbocycles. The normalized spacial score (nSPS) is 28.4. The van der Waals surface area contributed by atoms with Crippen molar-refractivity contribution >= 4 is 12.0 Å². The van der Waals surface area contributed by atoms with Crippen molar-refractivity contribution in [2.45, 2.75) is 39.2 Å². The highest BCUT2D eigenvalue weighted by Crippen LogP contribution is 2.35. The second kappa shape index (κ2) is 5.16. The molecule has 2 amide bonds. The molecule has 0 radical (unpaired) electrons. The van der Waals surface area contributed by atoms with E-state index in [2.05, 4.69) is 12.2 Å². The summed E-state index contributed by atoms with van der Waals surface area (Å²) in [5.41, 5.74) is 0. The molecule has 3 atom stereocenters. The number of likely N-dealkylation sites (tertiary alicyclic amines) is 1. The van der Waals surface area contributed by atoms with Crippen LogP contribution in [-0.4, -0.2) is 41.1 Å². The third-order valence-electron chi connectivity index (χ3n) is 4.18. The van der Waals surface area contributed by atoms with Gasteiger partial charge in [0, 0.05) is 25.0 Å². The van der Waals surface area contributed by atoms with E-state index in [-0.39, 0.29) is 17.9 Å². The molecule has 2 rings (SSSR count). The van der Waals surface area contributed by atoms with Gasteiger partial charge in [0.2, 0.25) is 0 Å². The zero-order valence-electron chi connectivity index (χ0n) is 11.1. The monoisotopic (exact) mass is 254 g/mol. The number of urea groups is 1. The maximum absolute atomic E-state index is 11.8. The van der Waals surface area contributed by atoms with Gasteiger partial charge in [-0.25, -0.2) is 4.79 Å². The van der Waals surface area contributed by atoms with E-state index >= 15 is 0 Å². The first-order valence-electron chi connectivity index (χ1n) is 6.81. The summed E-state index contributed by atoms with van der Waals surface area (Å²) < 4.78 is 0. The number of carboxylic acid groups (broad SMARTS) is 1. The fourth-order valence-electron chi connectivity index (χ4n) is 2.56. The average Bonchev–Trinajstić information content (AvgIpc) is 2.94. The first-order valence-corrected chi connectivity index (χ1v) is 6.81. The lowest BCUT2D eigenvalue weighted by Gasteiger charge is -2.41. The van der Waals surface area contributed by atoms with Gasteiger partial charge in [-0.15, -0.1) is 0 Å². The standard InChI is InChI=1S/C13H22N2O3/c1-3-4-9-5-11(9)14-13(18)15-6-10(7-15)8(2)12(16)17/h8-11H,3-7H2,1-2H3,(H,14,18)(H,16,17). The Morgan fingerprint density at radius 2 is 2.11 bits per heavy atom. The summed E-state index contributed by atoms with van der Waals surface area (Å²) >= 11 is 0. The third kappa shape index (κ3) is 2.76. The molecule has 1 saturated carbocycles.